The molecule has 20 heavy (non-hydrogen) atoms. The predicted octanol–water partition coefficient (Wildman–Crippen LogP) is 2.65. The standard InChI is InChI=1S/C14H15N5O/c1-7-4-5-8(2)11(9(7)3)20-13-10-12(17-6-16-10)18-14(15)19-13/h4-6H,1-3H3,(H3,15,16,17,18,19). The Balaban J connectivity index is 2.14. The Morgan fingerprint density at radius 1 is 1.10 bits per heavy atom. The van der Waals surface area contributed by atoms with Gasteiger partial charge in [-0.3, -0.25) is 0 Å². The number of rotatable bonds is 2. The van der Waals surface area contributed by atoms with Crippen molar-refractivity contribution in [2.24, 2.45) is 0 Å². The van der Waals surface area contributed by atoms with Gasteiger partial charge in [-0.2, -0.15) is 9.97 Å². The van der Waals surface area contributed by atoms with Crippen molar-refractivity contribution in [2.45, 2.75) is 20.8 Å². The molecule has 6 nitrogen and oxygen atoms in total. The van der Waals surface area contributed by atoms with Gasteiger partial charge in [0, 0.05) is 0 Å². The summed E-state index contributed by atoms with van der Waals surface area (Å²) < 4.78 is 5.97. The molecule has 102 valence electrons. The molecule has 0 spiro atoms. The molecule has 6 heteroatoms. The van der Waals surface area contributed by atoms with Crippen LogP contribution in [0.3, 0.4) is 0 Å². The molecule has 0 saturated carbocycles. The molecule has 3 rings (SSSR count). The largest absolute Gasteiger partial charge is 0.436 e. The number of nitrogens with two attached hydrogens (primary N) is 1. The highest BCUT2D eigenvalue weighted by atomic mass is 16.5. The summed E-state index contributed by atoms with van der Waals surface area (Å²) in [6, 6.07) is 4.09. The number of anilines is 1. The van der Waals surface area contributed by atoms with Crippen molar-refractivity contribution < 1.29 is 4.74 Å². The molecule has 0 amide bonds. The van der Waals surface area contributed by atoms with Crippen LogP contribution in [0.1, 0.15) is 16.7 Å². The number of nitrogens with one attached hydrogen (secondary N) is 1. The van der Waals surface area contributed by atoms with E-state index in [0.29, 0.717) is 17.0 Å². The van der Waals surface area contributed by atoms with Gasteiger partial charge in [0.2, 0.25) is 5.95 Å². The van der Waals surface area contributed by atoms with Gasteiger partial charge in [-0.15, -0.1) is 0 Å². The highest BCUT2D eigenvalue weighted by Gasteiger charge is 2.14. The third kappa shape index (κ3) is 1.95. The first-order valence-electron chi connectivity index (χ1n) is 6.27. The smallest absolute Gasteiger partial charge is 0.250 e. The molecule has 0 radical (unpaired) electrons. The van der Waals surface area contributed by atoms with E-state index in [1.165, 1.54) is 0 Å². The van der Waals surface area contributed by atoms with Crippen LogP contribution < -0.4 is 10.5 Å². The van der Waals surface area contributed by atoms with Gasteiger partial charge in [0.05, 0.1) is 6.33 Å². The molecular weight excluding hydrogens is 254 g/mol. The first-order chi connectivity index (χ1) is 9.56. The van der Waals surface area contributed by atoms with Crippen LogP contribution in [0, 0.1) is 20.8 Å². The molecular formula is C14H15N5O. The summed E-state index contributed by atoms with van der Waals surface area (Å²) in [4.78, 5) is 15.2. The van der Waals surface area contributed by atoms with Gasteiger partial charge in [-0.1, -0.05) is 12.1 Å². The van der Waals surface area contributed by atoms with Crippen molar-refractivity contribution in [1.82, 2.24) is 19.9 Å². The molecule has 0 aliphatic heterocycles. The van der Waals surface area contributed by atoms with E-state index in [1.807, 2.05) is 26.8 Å². The minimum atomic E-state index is 0.141. The summed E-state index contributed by atoms with van der Waals surface area (Å²) in [6.07, 6.45) is 1.54. The van der Waals surface area contributed by atoms with E-state index < -0.39 is 0 Å². The number of H-pyrrole nitrogens is 1. The topological polar surface area (TPSA) is 89.7 Å². The van der Waals surface area contributed by atoms with Crippen molar-refractivity contribution in [3.63, 3.8) is 0 Å². The number of imidazole rings is 1. The van der Waals surface area contributed by atoms with Gasteiger partial charge in [-0.05, 0) is 37.5 Å². The van der Waals surface area contributed by atoms with E-state index >= 15 is 0 Å². The number of nitrogens with zero attached hydrogens (tertiary/aromatic N) is 3. The number of hydrogen-bond donors (Lipinski definition) is 2. The second kappa shape index (κ2) is 4.48. The molecule has 0 fully saturated rings. The molecule has 0 saturated heterocycles. The van der Waals surface area contributed by atoms with Crippen LogP contribution >= 0.6 is 0 Å². The lowest BCUT2D eigenvalue weighted by molar-refractivity contribution is 0.460. The molecule has 1 aromatic carbocycles. The van der Waals surface area contributed by atoms with Gasteiger partial charge in [-0.25, -0.2) is 4.98 Å². The number of ether oxygens (including phenoxy) is 1. The zero-order valence-electron chi connectivity index (χ0n) is 11.6. The summed E-state index contributed by atoms with van der Waals surface area (Å²) in [5.41, 5.74) is 10.1. The average Bonchev–Trinajstić information content (AvgIpc) is 2.87. The Bertz CT molecular complexity index is 794. The Kier molecular flexibility index (Phi) is 2.78. The zero-order valence-corrected chi connectivity index (χ0v) is 11.6. The molecule has 0 unspecified atom stereocenters. The maximum absolute atomic E-state index is 5.97. The Morgan fingerprint density at radius 3 is 2.65 bits per heavy atom. The van der Waals surface area contributed by atoms with Gasteiger partial charge >= 0.3 is 0 Å². The molecule has 3 N–H and O–H groups in total. The molecule has 3 aromatic rings. The van der Waals surface area contributed by atoms with E-state index in [2.05, 4.69) is 26.0 Å². The van der Waals surface area contributed by atoms with Crippen LogP contribution in [0.4, 0.5) is 5.95 Å². The zero-order chi connectivity index (χ0) is 14.3. The fraction of sp³-hybridized carbons (Fsp3) is 0.214. The molecule has 2 heterocycles. The quantitative estimate of drug-likeness (QED) is 0.746. The van der Waals surface area contributed by atoms with Crippen molar-refractivity contribution in [3.8, 4) is 11.6 Å². The summed E-state index contributed by atoms with van der Waals surface area (Å²) >= 11 is 0. The van der Waals surface area contributed by atoms with E-state index in [1.54, 1.807) is 6.33 Å². The van der Waals surface area contributed by atoms with Gasteiger partial charge in [0.15, 0.2) is 5.65 Å². The van der Waals surface area contributed by atoms with Crippen LogP contribution in [-0.4, -0.2) is 19.9 Å². The number of nitrogen functional groups attached to an aromatic ring is 1. The maximum Gasteiger partial charge on any atom is 0.250 e. The Morgan fingerprint density at radius 2 is 1.85 bits per heavy atom. The third-order valence-electron chi connectivity index (χ3n) is 3.34. The minimum absolute atomic E-state index is 0.141. The van der Waals surface area contributed by atoms with Gasteiger partial charge in [0.25, 0.3) is 5.88 Å². The van der Waals surface area contributed by atoms with E-state index in [-0.39, 0.29) is 5.95 Å². The Labute approximate surface area is 116 Å². The average molecular weight is 269 g/mol. The molecule has 0 atom stereocenters. The number of aromatic amines is 1. The third-order valence-corrected chi connectivity index (χ3v) is 3.34. The van der Waals surface area contributed by atoms with Gasteiger partial charge in [0.1, 0.15) is 11.3 Å². The SMILES string of the molecule is Cc1ccc(C)c(Oc2nc(N)nc3nc[nH]c23)c1C. The molecule has 0 bridgehead atoms. The van der Waals surface area contributed by atoms with E-state index in [0.717, 1.165) is 22.4 Å². The lowest BCUT2D eigenvalue weighted by atomic mass is 10.1. The number of benzene rings is 1. The number of fused-ring (bicyclic) bond motifs is 1. The first-order valence-corrected chi connectivity index (χ1v) is 6.27. The van der Waals surface area contributed by atoms with Crippen LogP contribution in [0.2, 0.25) is 0 Å². The second-order valence-electron chi connectivity index (χ2n) is 4.74. The molecule has 0 aliphatic rings. The summed E-state index contributed by atoms with van der Waals surface area (Å²) in [5, 5.41) is 0. The second-order valence-corrected chi connectivity index (χ2v) is 4.74. The van der Waals surface area contributed by atoms with Crippen LogP contribution in [0.5, 0.6) is 11.6 Å². The summed E-state index contributed by atoms with van der Waals surface area (Å²) in [7, 11) is 0. The number of aryl methyl sites for hydroxylation is 2. The van der Waals surface area contributed by atoms with Crippen molar-refractivity contribution in [1.29, 1.82) is 0 Å². The van der Waals surface area contributed by atoms with Crippen molar-refractivity contribution >= 4 is 17.1 Å². The minimum Gasteiger partial charge on any atom is -0.436 e. The van der Waals surface area contributed by atoms with Gasteiger partial charge < -0.3 is 15.5 Å². The number of aromatic nitrogens is 4. The molecule has 2 aromatic heterocycles. The highest BCUT2D eigenvalue weighted by Crippen LogP contribution is 2.32. The van der Waals surface area contributed by atoms with E-state index in [4.69, 9.17) is 10.5 Å². The van der Waals surface area contributed by atoms with Crippen molar-refractivity contribution in [3.05, 3.63) is 35.2 Å². The van der Waals surface area contributed by atoms with E-state index in [9.17, 15) is 0 Å². The van der Waals surface area contributed by atoms with Crippen LogP contribution in [0.15, 0.2) is 18.5 Å². The van der Waals surface area contributed by atoms with Crippen LogP contribution in [0.25, 0.3) is 11.2 Å². The fourth-order valence-electron chi connectivity index (χ4n) is 2.08. The number of hydrogen-bond acceptors (Lipinski definition) is 5. The fourth-order valence-corrected chi connectivity index (χ4v) is 2.08. The normalized spacial score (nSPS) is 10.9. The lowest BCUT2D eigenvalue weighted by Gasteiger charge is -2.13. The first kappa shape index (κ1) is 12.4. The highest BCUT2D eigenvalue weighted by molar-refractivity contribution is 5.77. The monoisotopic (exact) mass is 269 g/mol. The lowest BCUT2D eigenvalue weighted by Crippen LogP contribution is -2.00. The predicted molar refractivity (Wildman–Crippen MR) is 76.8 cm³/mol. The van der Waals surface area contributed by atoms with Crippen LogP contribution in [-0.2, 0) is 0 Å². The maximum atomic E-state index is 5.97. The Hall–Kier alpha value is -2.63. The van der Waals surface area contributed by atoms with Crippen molar-refractivity contribution in [2.75, 3.05) is 5.73 Å². The summed E-state index contributed by atoms with van der Waals surface area (Å²) in [5.74, 6) is 1.32. The molecule has 0 aliphatic carbocycles. The summed E-state index contributed by atoms with van der Waals surface area (Å²) in [6.45, 7) is 6.06.